The largest absolute Gasteiger partial charge is 0.465 e. The van der Waals surface area contributed by atoms with E-state index in [9.17, 15) is 23.1 Å². The summed E-state index contributed by atoms with van der Waals surface area (Å²) in [6, 6.07) is 13.1. The molecule has 158 valence electrons. The number of nitrogens with one attached hydrogen (secondary N) is 2. The van der Waals surface area contributed by atoms with Crippen LogP contribution in [0.25, 0.3) is 11.0 Å². The number of imidazole rings is 1. The topological polar surface area (TPSA) is 78.0 Å². The van der Waals surface area contributed by atoms with E-state index < -0.39 is 23.4 Å². The number of carbonyl (C=O) groups is 1. The summed E-state index contributed by atoms with van der Waals surface area (Å²) >= 11 is 0. The Morgan fingerprint density at radius 2 is 2.00 bits per heavy atom. The van der Waals surface area contributed by atoms with Crippen molar-refractivity contribution in [2.75, 3.05) is 0 Å². The Labute approximate surface area is 171 Å². The Kier molecular flexibility index (Phi) is 5.17. The highest BCUT2D eigenvalue weighted by molar-refractivity contribution is 5.76. The molecule has 0 spiro atoms. The Balaban J connectivity index is 1.63. The van der Waals surface area contributed by atoms with Crippen LogP contribution in [-0.4, -0.2) is 26.7 Å². The maximum absolute atomic E-state index is 13.0. The molecule has 0 aliphatic heterocycles. The molecule has 3 aromatic rings. The number of benzene rings is 2. The smallest absolute Gasteiger partial charge is 0.416 e. The summed E-state index contributed by atoms with van der Waals surface area (Å²) in [5, 5.41) is 12.2. The molecule has 1 unspecified atom stereocenters. The minimum atomic E-state index is -4.42. The van der Waals surface area contributed by atoms with Gasteiger partial charge in [-0.2, -0.15) is 13.2 Å². The number of halogens is 3. The van der Waals surface area contributed by atoms with Gasteiger partial charge in [0.1, 0.15) is 5.82 Å². The van der Waals surface area contributed by atoms with Gasteiger partial charge in [-0.3, -0.25) is 0 Å². The number of aromatic amines is 1. The number of rotatable bonds is 4. The predicted octanol–water partition coefficient (Wildman–Crippen LogP) is 5.49. The minimum absolute atomic E-state index is 0.0731. The van der Waals surface area contributed by atoms with Crippen LogP contribution in [0.5, 0.6) is 0 Å². The van der Waals surface area contributed by atoms with E-state index in [0.29, 0.717) is 36.1 Å². The van der Waals surface area contributed by atoms with Gasteiger partial charge in [0.2, 0.25) is 0 Å². The SMILES string of the molecule is O=C(O)NC1(Cc2ccccc2)CCC[C@H](c2nc3ccc(C(F)(F)F)cc3[nH]2)C1. The molecule has 1 aromatic heterocycles. The van der Waals surface area contributed by atoms with Crippen molar-refractivity contribution in [2.45, 2.75) is 49.7 Å². The molecule has 30 heavy (non-hydrogen) atoms. The van der Waals surface area contributed by atoms with Crippen LogP contribution >= 0.6 is 0 Å². The summed E-state index contributed by atoms with van der Waals surface area (Å²) in [7, 11) is 0. The molecule has 8 heteroatoms. The summed E-state index contributed by atoms with van der Waals surface area (Å²) in [4.78, 5) is 19.1. The van der Waals surface area contributed by atoms with Crippen LogP contribution in [0.4, 0.5) is 18.0 Å². The zero-order chi connectivity index (χ0) is 21.4. The molecule has 1 heterocycles. The van der Waals surface area contributed by atoms with Crippen LogP contribution in [0.15, 0.2) is 48.5 Å². The maximum Gasteiger partial charge on any atom is 0.416 e. The normalized spacial score (nSPS) is 22.2. The van der Waals surface area contributed by atoms with Crippen LogP contribution in [0, 0.1) is 0 Å². The molecule has 1 amide bonds. The van der Waals surface area contributed by atoms with Gasteiger partial charge in [0.15, 0.2) is 0 Å². The first-order chi connectivity index (χ1) is 14.2. The standard InChI is InChI=1S/C22H22F3N3O2/c23-22(24,25)16-8-9-17-18(11-16)27-19(26-17)15-7-4-10-21(13-15,28-20(29)30)12-14-5-2-1-3-6-14/h1-3,5-6,8-9,11,15,28H,4,7,10,12-13H2,(H,26,27)(H,29,30)/t15-,21?/m0/s1. The lowest BCUT2D eigenvalue weighted by atomic mass is 9.72. The van der Waals surface area contributed by atoms with E-state index in [1.165, 1.54) is 6.07 Å². The number of hydrogen-bond acceptors (Lipinski definition) is 2. The Hall–Kier alpha value is -3.03. The lowest BCUT2D eigenvalue weighted by Crippen LogP contribution is -2.52. The highest BCUT2D eigenvalue weighted by Crippen LogP contribution is 2.40. The highest BCUT2D eigenvalue weighted by Gasteiger charge is 2.39. The lowest BCUT2D eigenvalue weighted by molar-refractivity contribution is -0.137. The van der Waals surface area contributed by atoms with E-state index in [-0.39, 0.29) is 5.92 Å². The molecular formula is C22H22F3N3O2. The van der Waals surface area contributed by atoms with Crippen molar-refractivity contribution >= 4 is 17.1 Å². The van der Waals surface area contributed by atoms with Crippen molar-refractivity contribution in [3.05, 3.63) is 65.5 Å². The zero-order valence-electron chi connectivity index (χ0n) is 16.2. The number of carboxylic acid groups (broad SMARTS) is 1. The molecule has 0 radical (unpaired) electrons. The molecule has 1 aliphatic rings. The summed E-state index contributed by atoms with van der Waals surface area (Å²) in [5.41, 5.74) is 0.478. The fourth-order valence-electron chi connectivity index (χ4n) is 4.53. The third kappa shape index (κ3) is 4.27. The molecule has 2 atom stereocenters. The van der Waals surface area contributed by atoms with E-state index >= 15 is 0 Å². The summed E-state index contributed by atoms with van der Waals surface area (Å²) < 4.78 is 39.0. The zero-order valence-corrected chi connectivity index (χ0v) is 16.2. The number of nitrogens with zero attached hydrogens (tertiary/aromatic N) is 1. The van der Waals surface area contributed by atoms with Gasteiger partial charge in [0, 0.05) is 11.5 Å². The Morgan fingerprint density at radius 3 is 2.70 bits per heavy atom. The average Bonchev–Trinajstić information content (AvgIpc) is 3.11. The van der Waals surface area contributed by atoms with Crippen LogP contribution in [0.2, 0.25) is 0 Å². The van der Waals surface area contributed by atoms with Crippen molar-refractivity contribution in [2.24, 2.45) is 0 Å². The molecule has 1 aliphatic carbocycles. The Morgan fingerprint density at radius 1 is 1.23 bits per heavy atom. The molecule has 0 saturated heterocycles. The quantitative estimate of drug-likeness (QED) is 0.525. The Bertz CT molecular complexity index is 1050. The van der Waals surface area contributed by atoms with E-state index in [2.05, 4.69) is 15.3 Å². The number of alkyl halides is 3. The van der Waals surface area contributed by atoms with Gasteiger partial charge in [-0.05, 0) is 49.4 Å². The molecule has 5 nitrogen and oxygen atoms in total. The molecule has 2 aromatic carbocycles. The van der Waals surface area contributed by atoms with Crippen LogP contribution in [0.1, 0.15) is 48.6 Å². The van der Waals surface area contributed by atoms with E-state index in [1.54, 1.807) is 0 Å². The van der Waals surface area contributed by atoms with Crippen molar-refractivity contribution in [1.29, 1.82) is 0 Å². The van der Waals surface area contributed by atoms with Gasteiger partial charge in [0.25, 0.3) is 0 Å². The predicted molar refractivity (Wildman–Crippen MR) is 106 cm³/mol. The molecule has 1 fully saturated rings. The fourth-order valence-corrected chi connectivity index (χ4v) is 4.53. The summed E-state index contributed by atoms with van der Waals surface area (Å²) in [6.07, 6.45) is -2.13. The third-order valence-corrected chi connectivity index (χ3v) is 5.82. The maximum atomic E-state index is 13.0. The van der Waals surface area contributed by atoms with Crippen LogP contribution in [0.3, 0.4) is 0 Å². The van der Waals surface area contributed by atoms with Crippen molar-refractivity contribution < 1.29 is 23.1 Å². The van der Waals surface area contributed by atoms with Gasteiger partial charge in [-0.1, -0.05) is 36.8 Å². The second-order valence-corrected chi connectivity index (χ2v) is 8.02. The van der Waals surface area contributed by atoms with Gasteiger partial charge in [-0.15, -0.1) is 0 Å². The fraction of sp³-hybridized carbons (Fsp3) is 0.364. The van der Waals surface area contributed by atoms with Crippen molar-refractivity contribution in [3.8, 4) is 0 Å². The lowest BCUT2D eigenvalue weighted by Gasteiger charge is -2.40. The number of aromatic nitrogens is 2. The second kappa shape index (κ2) is 7.66. The average molecular weight is 417 g/mol. The number of fused-ring (bicyclic) bond motifs is 1. The molecule has 0 bridgehead atoms. The van der Waals surface area contributed by atoms with Crippen LogP contribution < -0.4 is 5.32 Å². The van der Waals surface area contributed by atoms with Crippen molar-refractivity contribution in [3.63, 3.8) is 0 Å². The molecule has 4 rings (SSSR count). The van der Waals surface area contributed by atoms with E-state index in [0.717, 1.165) is 30.5 Å². The van der Waals surface area contributed by atoms with Gasteiger partial charge < -0.3 is 15.4 Å². The van der Waals surface area contributed by atoms with Crippen molar-refractivity contribution in [1.82, 2.24) is 15.3 Å². The summed E-state index contributed by atoms with van der Waals surface area (Å²) in [5.74, 6) is 0.532. The van der Waals surface area contributed by atoms with E-state index in [1.807, 2.05) is 30.3 Å². The summed E-state index contributed by atoms with van der Waals surface area (Å²) in [6.45, 7) is 0. The van der Waals surface area contributed by atoms with Gasteiger partial charge in [0.05, 0.1) is 16.6 Å². The first kappa shape index (κ1) is 20.3. The number of hydrogen-bond donors (Lipinski definition) is 3. The number of amides is 1. The molecule has 1 saturated carbocycles. The molecule has 3 N–H and O–H groups in total. The van der Waals surface area contributed by atoms with Gasteiger partial charge in [-0.25, -0.2) is 9.78 Å². The van der Waals surface area contributed by atoms with Gasteiger partial charge >= 0.3 is 12.3 Å². The molecular weight excluding hydrogens is 395 g/mol. The monoisotopic (exact) mass is 417 g/mol. The highest BCUT2D eigenvalue weighted by atomic mass is 19.4. The first-order valence-electron chi connectivity index (χ1n) is 9.86. The number of H-pyrrole nitrogens is 1. The third-order valence-electron chi connectivity index (χ3n) is 5.82. The van der Waals surface area contributed by atoms with E-state index in [4.69, 9.17) is 0 Å². The first-order valence-corrected chi connectivity index (χ1v) is 9.86. The van der Waals surface area contributed by atoms with Crippen LogP contribution in [-0.2, 0) is 12.6 Å². The second-order valence-electron chi connectivity index (χ2n) is 8.02. The minimum Gasteiger partial charge on any atom is -0.465 e.